The molecule has 0 bridgehead atoms. The number of nitrogens with one attached hydrogen (secondary N) is 1. The summed E-state index contributed by atoms with van der Waals surface area (Å²) >= 11 is 2.07. The van der Waals surface area contributed by atoms with Crippen LogP contribution in [0.25, 0.3) is 0 Å². The Balaban J connectivity index is 1.72. The van der Waals surface area contributed by atoms with E-state index in [2.05, 4.69) is 44.0 Å². The van der Waals surface area contributed by atoms with Gasteiger partial charge >= 0.3 is 0 Å². The number of nitrogens with zero attached hydrogens (tertiary/aromatic N) is 4. The molecule has 1 unspecified atom stereocenters. The molecule has 1 aromatic rings. The van der Waals surface area contributed by atoms with E-state index < -0.39 is 0 Å². The Hall–Kier alpha value is -1.24. The van der Waals surface area contributed by atoms with Crippen LogP contribution in [-0.4, -0.2) is 58.7 Å². The maximum absolute atomic E-state index is 5.11. The molecule has 2 rings (SSSR count). The Morgan fingerprint density at radius 3 is 3.10 bits per heavy atom. The summed E-state index contributed by atoms with van der Waals surface area (Å²) < 4.78 is 5.11. The monoisotopic (exact) mass is 311 g/mol. The minimum absolute atomic E-state index is 0.699. The van der Waals surface area contributed by atoms with Crippen molar-refractivity contribution in [3.8, 4) is 0 Å². The normalized spacial score (nSPS) is 19.9. The third kappa shape index (κ3) is 4.91. The molecule has 0 aromatic carbocycles. The first-order chi connectivity index (χ1) is 10.2. The van der Waals surface area contributed by atoms with E-state index in [1.807, 2.05) is 14.0 Å². The molecule has 0 amide bonds. The number of rotatable bonds is 5. The zero-order valence-electron chi connectivity index (χ0n) is 13.1. The highest BCUT2D eigenvalue weighted by Crippen LogP contribution is 2.20. The Bertz CT molecular complexity index is 462. The molecular weight excluding hydrogens is 286 g/mol. The number of aromatic nitrogens is 2. The number of aliphatic imine (C=N–C) groups is 1. The molecule has 1 N–H and O–H groups in total. The Morgan fingerprint density at radius 2 is 2.43 bits per heavy atom. The number of thioether (sulfide) groups is 1. The summed E-state index contributed by atoms with van der Waals surface area (Å²) in [7, 11) is 1.85. The predicted molar refractivity (Wildman–Crippen MR) is 86.8 cm³/mol. The zero-order valence-corrected chi connectivity index (χ0v) is 13.9. The molecule has 1 aliphatic rings. The van der Waals surface area contributed by atoms with Crippen molar-refractivity contribution in [3.05, 3.63) is 11.7 Å². The molecule has 1 aliphatic heterocycles. The minimum Gasteiger partial charge on any atom is -0.356 e. The van der Waals surface area contributed by atoms with Crippen LogP contribution < -0.4 is 5.32 Å². The SMILES string of the molecule is CCC1CN(C(=NC)NCCCc2nc(C)no2)CCS1. The van der Waals surface area contributed by atoms with Crippen LogP contribution in [0.1, 0.15) is 31.5 Å². The molecule has 2 heterocycles. The molecule has 0 aliphatic carbocycles. The highest BCUT2D eigenvalue weighted by Gasteiger charge is 2.21. The van der Waals surface area contributed by atoms with Crippen LogP contribution in [0, 0.1) is 6.92 Å². The van der Waals surface area contributed by atoms with Crippen molar-refractivity contribution in [1.82, 2.24) is 20.4 Å². The molecule has 1 fully saturated rings. The molecule has 0 spiro atoms. The van der Waals surface area contributed by atoms with Crippen molar-refractivity contribution < 1.29 is 4.52 Å². The lowest BCUT2D eigenvalue weighted by Crippen LogP contribution is -2.48. The lowest BCUT2D eigenvalue weighted by molar-refractivity contribution is 0.370. The topological polar surface area (TPSA) is 66.5 Å². The lowest BCUT2D eigenvalue weighted by Gasteiger charge is -2.34. The molecule has 1 aromatic heterocycles. The molecule has 21 heavy (non-hydrogen) atoms. The quantitative estimate of drug-likeness (QED) is 0.507. The molecular formula is C14H25N5OS. The van der Waals surface area contributed by atoms with Crippen LogP contribution >= 0.6 is 11.8 Å². The van der Waals surface area contributed by atoms with Gasteiger partial charge in [-0.15, -0.1) is 0 Å². The molecule has 7 heteroatoms. The van der Waals surface area contributed by atoms with Crippen LogP contribution in [0.4, 0.5) is 0 Å². The number of guanidine groups is 1. The van der Waals surface area contributed by atoms with Gasteiger partial charge in [-0.25, -0.2) is 0 Å². The smallest absolute Gasteiger partial charge is 0.226 e. The maximum atomic E-state index is 5.11. The molecule has 118 valence electrons. The third-order valence-electron chi connectivity index (χ3n) is 3.53. The second-order valence-electron chi connectivity index (χ2n) is 5.16. The van der Waals surface area contributed by atoms with Gasteiger partial charge in [0.1, 0.15) is 0 Å². The third-order valence-corrected chi connectivity index (χ3v) is 4.90. The first-order valence-electron chi connectivity index (χ1n) is 7.59. The van der Waals surface area contributed by atoms with Gasteiger partial charge in [0.15, 0.2) is 11.8 Å². The van der Waals surface area contributed by atoms with E-state index in [1.54, 1.807) is 0 Å². The predicted octanol–water partition coefficient (Wildman–Crippen LogP) is 1.71. The summed E-state index contributed by atoms with van der Waals surface area (Å²) in [6.45, 7) is 7.12. The highest BCUT2D eigenvalue weighted by molar-refractivity contribution is 8.00. The van der Waals surface area contributed by atoms with Crippen LogP contribution in [0.15, 0.2) is 9.52 Å². The fourth-order valence-electron chi connectivity index (χ4n) is 2.37. The molecule has 1 atom stereocenters. The highest BCUT2D eigenvalue weighted by atomic mass is 32.2. The summed E-state index contributed by atoms with van der Waals surface area (Å²) in [4.78, 5) is 11.0. The van der Waals surface area contributed by atoms with Gasteiger partial charge in [0.25, 0.3) is 0 Å². The Morgan fingerprint density at radius 1 is 1.57 bits per heavy atom. The van der Waals surface area contributed by atoms with Crippen LogP contribution in [0.2, 0.25) is 0 Å². The van der Waals surface area contributed by atoms with Crippen molar-refractivity contribution >= 4 is 17.7 Å². The van der Waals surface area contributed by atoms with Crippen molar-refractivity contribution in [3.63, 3.8) is 0 Å². The second kappa shape index (κ2) is 8.26. The standard InChI is InChI=1S/C14H25N5OS/c1-4-12-10-19(8-9-21-12)14(15-3)16-7-5-6-13-17-11(2)18-20-13/h12H,4-10H2,1-3H3,(H,15,16). The summed E-state index contributed by atoms with van der Waals surface area (Å²) in [6, 6.07) is 0. The van der Waals surface area contributed by atoms with Gasteiger partial charge in [0.2, 0.25) is 5.89 Å². The Kier molecular flexibility index (Phi) is 6.35. The number of aryl methyl sites for hydroxylation is 2. The van der Waals surface area contributed by atoms with Gasteiger partial charge in [-0.2, -0.15) is 16.7 Å². The summed E-state index contributed by atoms with van der Waals surface area (Å²) in [6.07, 6.45) is 2.98. The average molecular weight is 311 g/mol. The van der Waals surface area contributed by atoms with Gasteiger partial charge in [0, 0.05) is 44.1 Å². The van der Waals surface area contributed by atoms with E-state index in [4.69, 9.17) is 4.52 Å². The van der Waals surface area contributed by atoms with Crippen LogP contribution in [0.5, 0.6) is 0 Å². The maximum Gasteiger partial charge on any atom is 0.226 e. The first-order valence-corrected chi connectivity index (χ1v) is 8.64. The summed E-state index contributed by atoms with van der Waals surface area (Å²) in [5.74, 6) is 3.60. The first kappa shape index (κ1) is 16.1. The van der Waals surface area contributed by atoms with Crippen molar-refractivity contribution in [2.24, 2.45) is 4.99 Å². The average Bonchev–Trinajstić information content (AvgIpc) is 2.93. The van der Waals surface area contributed by atoms with Crippen LogP contribution in [-0.2, 0) is 6.42 Å². The molecule has 0 radical (unpaired) electrons. The van der Waals surface area contributed by atoms with Crippen molar-refractivity contribution in [1.29, 1.82) is 0 Å². The van der Waals surface area contributed by atoms with Gasteiger partial charge in [-0.05, 0) is 19.8 Å². The van der Waals surface area contributed by atoms with E-state index in [9.17, 15) is 0 Å². The minimum atomic E-state index is 0.699. The van der Waals surface area contributed by atoms with E-state index in [0.29, 0.717) is 11.7 Å². The number of hydrogen-bond acceptors (Lipinski definition) is 5. The fraction of sp³-hybridized carbons (Fsp3) is 0.786. The fourth-order valence-corrected chi connectivity index (χ4v) is 3.55. The van der Waals surface area contributed by atoms with Gasteiger partial charge < -0.3 is 14.7 Å². The number of hydrogen-bond donors (Lipinski definition) is 1. The van der Waals surface area contributed by atoms with E-state index in [-0.39, 0.29) is 0 Å². The van der Waals surface area contributed by atoms with Gasteiger partial charge in [0.05, 0.1) is 0 Å². The molecule has 6 nitrogen and oxygen atoms in total. The zero-order chi connectivity index (χ0) is 15.1. The van der Waals surface area contributed by atoms with E-state index in [0.717, 1.165) is 43.7 Å². The van der Waals surface area contributed by atoms with Crippen LogP contribution in [0.3, 0.4) is 0 Å². The van der Waals surface area contributed by atoms with Gasteiger partial charge in [-0.1, -0.05) is 12.1 Å². The molecule has 0 saturated carbocycles. The Labute approximate surface area is 130 Å². The summed E-state index contributed by atoms with van der Waals surface area (Å²) in [5, 5.41) is 7.96. The van der Waals surface area contributed by atoms with Crippen molar-refractivity contribution in [2.45, 2.75) is 38.4 Å². The van der Waals surface area contributed by atoms with Gasteiger partial charge in [-0.3, -0.25) is 4.99 Å². The second-order valence-corrected chi connectivity index (χ2v) is 6.57. The van der Waals surface area contributed by atoms with Crippen molar-refractivity contribution in [2.75, 3.05) is 32.4 Å². The molecule has 1 saturated heterocycles. The summed E-state index contributed by atoms with van der Waals surface area (Å²) in [5.41, 5.74) is 0. The van der Waals surface area contributed by atoms with E-state index >= 15 is 0 Å². The largest absolute Gasteiger partial charge is 0.356 e. The lowest BCUT2D eigenvalue weighted by atomic mass is 10.3. The van der Waals surface area contributed by atoms with E-state index in [1.165, 1.54) is 12.2 Å².